The van der Waals surface area contributed by atoms with Gasteiger partial charge in [-0.15, -0.1) is 0 Å². The lowest BCUT2D eigenvalue weighted by atomic mass is 10.3. The average Bonchev–Trinajstić information content (AvgIpc) is 2.27. The maximum Gasteiger partial charge on any atom is 0.237 e. The van der Waals surface area contributed by atoms with E-state index in [9.17, 15) is 5.11 Å². The Balaban J connectivity index is 2.98. The van der Waals surface area contributed by atoms with E-state index in [1.165, 1.54) is 12.1 Å². The third-order valence-electron chi connectivity index (χ3n) is 1.53. The lowest BCUT2D eigenvalue weighted by molar-refractivity contribution is 0.476. The van der Waals surface area contributed by atoms with Gasteiger partial charge in [0.1, 0.15) is 12.1 Å². The summed E-state index contributed by atoms with van der Waals surface area (Å²) in [7, 11) is 0. The summed E-state index contributed by atoms with van der Waals surface area (Å²) in [6.45, 7) is 0. The third kappa shape index (κ3) is 2.77. The van der Waals surface area contributed by atoms with Crippen LogP contribution in [-0.4, -0.2) is 10.8 Å². The molecule has 0 aliphatic heterocycles. The zero-order valence-corrected chi connectivity index (χ0v) is 9.21. The van der Waals surface area contributed by atoms with Crippen LogP contribution in [0.25, 0.3) is 0 Å². The summed E-state index contributed by atoms with van der Waals surface area (Å²) < 4.78 is 0. The molecule has 0 saturated carbocycles. The summed E-state index contributed by atoms with van der Waals surface area (Å²) in [5, 5.41) is 29.7. The van der Waals surface area contributed by atoms with Crippen molar-refractivity contribution in [2.45, 2.75) is 0 Å². The quantitative estimate of drug-likeness (QED) is 0.482. The fraction of sp³-hybridized carbons (Fsp3) is 0. The Kier molecular flexibility index (Phi) is 3.96. The van der Waals surface area contributed by atoms with Crippen LogP contribution in [0.4, 0.5) is 5.69 Å². The van der Waals surface area contributed by atoms with Gasteiger partial charge in [-0.25, -0.2) is 0 Å². The van der Waals surface area contributed by atoms with Crippen molar-refractivity contribution in [1.29, 1.82) is 10.5 Å². The van der Waals surface area contributed by atoms with E-state index >= 15 is 0 Å². The van der Waals surface area contributed by atoms with E-state index in [1.54, 1.807) is 12.1 Å². The molecule has 0 fully saturated rings. The molecular weight excluding hydrogens is 251 g/mol. The normalized spacial score (nSPS) is 8.75. The van der Waals surface area contributed by atoms with Crippen molar-refractivity contribution >= 4 is 34.6 Å². The predicted molar refractivity (Wildman–Crippen MR) is 60.4 cm³/mol. The minimum Gasteiger partial charge on any atom is -0.505 e. The number of halogens is 2. The van der Waals surface area contributed by atoms with Crippen molar-refractivity contribution in [2.75, 3.05) is 5.43 Å². The Bertz CT molecular complexity index is 488. The summed E-state index contributed by atoms with van der Waals surface area (Å²) >= 11 is 11.3. The first-order valence-corrected chi connectivity index (χ1v) is 4.66. The zero-order chi connectivity index (χ0) is 12.1. The smallest absolute Gasteiger partial charge is 0.237 e. The highest BCUT2D eigenvalue weighted by Crippen LogP contribution is 2.34. The van der Waals surface area contributed by atoms with Crippen LogP contribution in [0, 0.1) is 22.7 Å². The van der Waals surface area contributed by atoms with Crippen LogP contribution in [0.3, 0.4) is 0 Å². The molecular formula is C9H4Cl2N4O. The van der Waals surface area contributed by atoms with Gasteiger partial charge in [0.15, 0.2) is 5.75 Å². The number of phenolic OH excluding ortho intramolecular Hbond substituents is 1. The van der Waals surface area contributed by atoms with Crippen LogP contribution in [0.1, 0.15) is 0 Å². The molecule has 0 aromatic heterocycles. The van der Waals surface area contributed by atoms with Crippen molar-refractivity contribution in [1.82, 2.24) is 0 Å². The van der Waals surface area contributed by atoms with Gasteiger partial charge in [0.2, 0.25) is 5.71 Å². The maximum absolute atomic E-state index is 9.27. The van der Waals surface area contributed by atoms with Crippen molar-refractivity contribution in [2.24, 2.45) is 5.10 Å². The topological polar surface area (TPSA) is 92.2 Å². The van der Waals surface area contributed by atoms with E-state index < -0.39 is 0 Å². The molecule has 2 N–H and O–H groups in total. The first-order valence-electron chi connectivity index (χ1n) is 3.90. The van der Waals surface area contributed by atoms with Crippen LogP contribution in [0.5, 0.6) is 5.75 Å². The van der Waals surface area contributed by atoms with Gasteiger partial charge in [-0.05, 0) is 12.1 Å². The van der Waals surface area contributed by atoms with Gasteiger partial charge < -0.3 is 5.11 Å². The molecule has 0 spiro atoms. The Morgan fingerprint density at radius 1 is 1.25 bits per heavy atom. The second-order valence-electron chi connectivity index (χ2n) is 2.58. The minimum atomic E-state index is -0.333. The molecule has 1 aromatic carbocycles. The number of anilines is 1. The van der Waals surface area contributed by atoms with Gasteiger partial charge in [-0.2, -0.15) is 15.6 Å². The summed E-state index contributed by atoms with van der Waals surface area (Å²) in [5.41, 5.74) is 2.44. The van der Waals surface area contributed by atoms with Gasteiger partial charge in [0.05, 0.1) is 15.7 Å². The van der Waals surface area contributed by atoms with E-state index in [-0.39, 0.29) is 21.5 Å². The molecule has 0 aliphatic carbocycles. The molecule has 1 aromatic rings. The number of hydrogen-bond donors (Lipinski definition) is 2. The predicted octanol–water partition coefficient (Wildman–Crippen LogP) is 2.51. The van der Waals surface area contributed by atoms with E-state index in [0.29, 0.717) is 5.69 Å². The van der Waals surface area contributed by atoms with Crippen molar-refractivity contribution in [3.05, 3.63) is 22.2 Å². The molecule has 0 amide bonds. The third-order valence-corrected chi connectivity index (χ3v) is 2.10. The first kappa shape index (κ1) is 12.1. The molecule has 7 heteroatoms. The summed E-state index contributed by atoms with van der Waals surface area (Å²) in [6.07, 6.45) is 0. The molecule has 0 aliphatic rings. The highest BCUT2D eigenvalue weighted by molar-refractivity contribution is 6.37. The summed E-state index contributed by atoms with van der Waals surface area (Å²) in [6, 6.07) is 5.87. The van der Waals surface area contributed by atoms with Crippen molar-refractivity contribution in [3.63, 3.8) is 0 Å². The zero-order valence-electron chi connectivity index (χ0n) is 7.70. The van der Waals surface area contributed by atoms with E-state index in [2.05, 4.69) is 10.5 Å². The highest BCUT2D eigenvalue weighted by atomic mass is 35.5. The van der Waals surface area contributed by atoms with Crippen LogP contribution in [-0.2, 0) is 0 Å². The number of nitriles is 2. The largest absolute Gasteiger partial charge is 0.505 e. The molecule has 80 valence electrons. The van der Waals surface area contributed by atoms with Gasteiger partial charge >= 0.3 is 0 Å². The number of nitrogens with one attached hydrogen (secondary N) is 1. The number of phenols is 1. The fourth-order valence-electron chi connectivity index (χ4n) is 0.826. The Morgan fingerprint density at radius 2 is 1.75 bits per heavy atom. The van der Waals surface area contributed by atoms with Crippen LogP contribution in [0.2, 0.25) is 10.0 Å². The lowest BCUT2D eigenvalue weighted by Gasteiger charge is -2.04. The molecule has 0 atom stereocenters. The van der Waals surface area contributed by atoms with E-state index in [0.717, 1.165) is 0 Å². The number of hydrazone groups is 1. The van der Waals surface area contributed by atoms with Gasteiger partial charge in [-0.1, -0.05) is 23.2 Å². The van der Waals surface area contributed by atoms with E-state index in [1.807, 2.05) is 0 Å². The van der Waals surface area contributed by atoms with Crippen LogP contribution >= 0.6 is 23.2 Å². The monoisotopic (exact) mass is 254 g/mol. The second-order valence-corrected chi connectivity index (χ2v) is 3.40. The van der Waals surface area contributed by atoms with Gasteiger partial charge in [0, 0.05) is 0 Å². The number of nitrogens with zero attached hydrogens (tertiary/aromatic N) is 3. The van der Waals surface area contributed by atoms with Crippen molar-refractivity contribution < 1.29 is 5.11 Å². The van der Waals surface area contributed by atoms with Gasteiger partial charge in [-0.3, -0.25) is 5.43 Å². The van der Waals surface area contributed by atoms with Crippen LogP contribution < -0.4 is 5.43 Å². The molecule has 0 bridgehead atoms. The highest BCUT2D eigenvalue weighted by Gasteiger charge is 2.06. The molecule has 0 unspecified atom stereocenters. The fourth-order valence-corrected chi connectivity index (χ4v) is 1.31. The number of rotatable bonds is 2. The summed E-state index contributed by atoms with van der Waals surface area (Å²) in [4.78, 5) is 0. The van der Waals surface area contributed by atoms with Gasteiger partial charge in [0.25, 0.3) is 0 Å². The summed E-state index contributed by atoms with van der Waals surface area (Å²) in [5.74, 6) is -0.237. The molecule has 0 saturated heterocycles. The Hall–Kier alpha value is -1.95. The standard InChI is InChI=1S/C9H4Cl2N4O/c10-7-1-5(2-8(11)9(7)16)14-15-6(3-12)4-13/h1-2,14,16H. The SMILES string of the molecule is N#CC(C#N)=NNc1cc(Cl)c(O)c(Cl)c1. The number of hydrogen-bond acceptors (Lipinski definition) is 5. The van der Waals surface area contributed by atoms with Crippen LogP contribution in [0.15, 0.2) is 17.2 Å². The van der Waals surface area contributed by atoms with Crippen molar-refractivity contribution in [3.8, 4) is 17.9 Å². The maximum atomic E-state index is 9.27. The molecule has 0 heterocycles. The second kappa shape index (κ2) is 5.22. The average molecular weight is 255 g/mol. The molecule has 16 heavy (non-hydrogen) atoms. The lowest BCUT2D eigenvalue weighted by Crippen LogP contribution is -1.96. The molecule has 0 radical (unpaired) electrons. The Labute approximate surface area is 101 Å². The number of benzene rings is 1. The molecule has 1 rings (SSSR count). The Morgan fingerprint density at radius 3 is 2.19 bits per heavy atom. The first-order chi connectivity index (χ1) is 7.58. The van der Waals surface area contributed by atoms with E-state index in [4.69, 9.17) is 33.7 Å². The number of aromatic hydroxyl groups is 1. The molecule has 5 nitrogen and oxygen atoms in total. The minimum absolute atomic E-state index is 0.0423.